The predicted octanol–water partition coefficient (Wildman–Crippen LogP) is 2.50. The molecule has 1 aliphatic heterocycles. The van der Waals surface area contributed by atoms with Crippen molar-refractivity contribution in [2.75, 3.05) is 20.3 Å². The molecule has 0 bridgehead atoms. The topological polar surface area (TPSA) is 43.2 Å². The summed E-state index contributed by atoms with van der Waals surface area (Å²) in [6.45, 7) is 4.68. The summed E-state index contributed by atoms with van der Waals surface area (Å²) in [4.78, 5) is 2.46. The molecule has 2 aromatic rings. The van der Waals surface area contributed by atoms with Crippen LogP contribution in [0.1, 0.15) is 35.7 Å². The number of nitrogens with zero attached hydrogens (tertiary/aromatic N) is 4. The number of methoxy groups -OCH3 is 1. The first-order valence-corrected chi connectivity index (χ1v) is 8.92. The fraction of sp³-hybridized carbons (Fsp3) is 0.625. The van der Waals surface area contributed by atoms with E-state index in [1.807, 2.05) is 0 Å². The smallest absolute Gasteiger partial charge is 0.100 e. The zero-order chi connectivity index (χ0) is 14.9. The van der Waals surface area contributed by atoms with Crippen LogP contribution in [0, 0.1) is 5.92 Å². The van der Waals surface area contributed by atoms with Crippen LogP contribution >= 0.6 is 11.3 Å². The number of rotatable bonds is 6. The van der Waals surface area contributed by atoms with Gasteiger partial charge in [-0.25, -0.2) is 4.68 Å². The molecule has 0 amide bonds. The number of hydrogen-bond acceptors (Lipinski definition) is 5. The van der Waals surface area contributed by atoms with Crippen LogP contribution in [0.4, 0.5) is 0 Å². The molecule has 0 saturated heterocycles. The number of fused-ring (bicyclic) bond motifs is 1. The van der Waals surface area contributed by atoms with Gasteiger partial charge in [-0.15, -0.1) is 5.10 Å². The Morgan fingerprint density at radius 3 is 3.05 bits per heavy atom. The first kappa shape index (κ1) is 14.4. The van der Waals surface area contributed by atoms with E-state index in [0.29, 0.717) is 5.92 Å². The molecule has 3 heterocycles. The summed E-state index contributed by atoms with van der Waals surface area (Å²) in [5.74, 6) is 1.19. The van der Waals surface area contributed by atoms with Crippen LogP contribution in [0.3, 0.4) is 0 Å². The molecule has 0 radical (unpaired) electrons. The van der Waals surface area contributed by atoms with Crippen molar-refractivity contribution < 1.29 is 4.74 Å². The second-order valence-corrected chi connectivity index (χ2v) is 7.28. The zero-order valence-electron chi connectivity index (χ0n) is 12.9. The molecular formula is C16H22N4OS. The Hall–Kier alpha value is -1.24. The monoisotopic (exact) mass is 318 g/mol. The molecule has 0 unspecified atom stereocenters. The lowest BCUT2D eigenvalue weighted by atomic mass is 9.98. The van der Waals surface area contributed by atoms with Crippen LogP contribution in [-0.4, -0.2) is 40.2 Å². The number of thiophene rings is 1. The van der Waals surface area contributed by atoms with Crippen LogP contribution in [0.15, 0.2) is 16.8 Å². The van der Waals surface area contributed by atoms with Gasteiger partial charge in [0.25, 0.3) is 0 Å². The quantitative estimate of drug-likeness (QED) is 0.821. The molecule has 2 aliphatic rings. The van der Waals surface area contributed by atoms with E-state index in [1.165, 1.54) is 24.1 Å². The SMILES string of the molecule is COC[C@H]1CN(Cc2ccsc2)Cc2nnn(CC3CC3)c21. The maximum atomic E-state index is 5.47. The molecule has 1 aliphatic carbocycles. The third-order valence-corrected chi connectivity index (χ3v) is 5.30. The Balaban J connectivity index is 1.55. The van der Waals surface area contributed by atoms with Crippen molar-refractivity contribution in [3.05, 3.63) is 33.8 Å². The third kappa shape index (κ3) is 2.95. The summed E-state index contributed by atoms with van der Waals surface area (Å²) >= 11 is 1.76. The van der Waals surface area contributed by atoms with E-state index in [2.05, 4.69) is 36.7 Å². The minimum absolute atomic E-state index is 0.376. The van der Waals surface area contributed by atoms with E-state index in [1.54, 1.807) is 18.4 Å². The minimum atomic E-state index is 0.376. The molecule has 118 valence electrons. The molecule has 2 aromatic heterocycles. The summed E-state index contributed by atoms with van der Waals surface area (Å²) in [6.07, 6.45) is 2.68. The Bertz CT molecular complexity index is 620. The minimum Gasteiger partial charge on any atom is -0.384 e. The van der Waals surface area contributed by atoms with E-state index in [-0.39, 0.29) is 0 Å². The van der Waals surface area contributed by atoms with E-state index in [0.717, 1.165) is 44.4 Å². The van der Waals surface area contributed by atoms with Crippen molar-refractivity contribution in [2.45, 2.75) is 38.4 Å². The van der Waals surface area contributed by atoms with E-state index < -0.39 is 0 Å². The summed E-state index contributed by atoms with van der Waals surface area (Å²) < 4.78 is 7.62. The Labute approximate surface area is 134 Å². The van der Waals surface area contributed by atoms with Crippen molar-refractivity contribution in [3.63, 3.8) is 0 Å². The zero-order valence-corrected chi connectivity index (χ0v) is 13.8. The molecule has 1 atom stereocenters. The summed E-state index contributed by atoms with van der Waals surface area (Å²) in [6, 6.07) is 2.20. The summed E-state index contributed by atoms with van der Waals surface area (Å²) in [5, 5.41) is 13.3. The summed E-state index contributed by atoms with van der Waals surface area (Å²) in [7, 11) is 1.78. The van der Waals surface area contributed by atoms with Gasteiger partial charge < -0.3 is 4.74 Å². The summed E-state index contributed by atoms with van der Waals surface area (Å²) in [5.41, 5.74) is 3.84. The Kier molecular flexibility index (Phi) is 3.98. The van der Waals surface area contributed by atoms with Gasteiger partial charge in [-0.05, 0) is 41.1 Å². The van der Waals surface area contributed by atoms with Gasteiger partial charge in [-0.2, -0.15) is 11.3 Å². The normalized spacial score (nSPS) is 22.0. The van der Waals surface area contributed by atoms with Gasteiger partial charge in [-0.3, -0.25) is 4.90 Å². The Morgan fingerprint density at radius 1 is 1.41 bits per heavy atom. The van der Waals surface area contributed by atoms with Gasteiger partial charge in [0.05, 0.1) is 12.3 Å². The lowest BCUT2D eigenvalue weighted by Crippen LogP contribution is -2.36. The van der Waals surface area contributed by atoms with Crippen LogP contribution in [0.25, 0.3) is 0 Å². The highest BCUT2D eigenvalue weighted by molar-refractivity contribution is 7.07. The van der Waals surface area contributed by atoms with Gasteiger partial charge in [-0.1, -0.05) is 5.21 Å². The molecule has 0 spiro atoms. The molecule has 1 fully saturated rings. The second-order valence-electron chi connectivity index (χ2n) is 6.50. The van der Waals surface area contributed by atoms with Crippen molar-refractivity contribution in [1.82, 2.24) is 19.9 Å². The van der Waals surface area contributed by atoms with Crippen LogP contribution in [0.2, 0.25) is 0 Å². The molecule has 5 nitrogen and oxygen atoms in total. The molecule has 6 heteroatoms. The first-order chi connectivity index (χ1) is 10.8. The highest BCUT2D eigenvalue weighted by Gasteiger charge is 2.32. The van der Waals surface area contributed by atoms with Crippen molar-refractivity contribution >= 4 is 11.3 Å². The largest absolute Gasteiger partial charge is 0.384 e. The van der Waals surface area contributed by atoms with E-state index in [4.69, 9.17) is 4.74 Å². The maximum absolute atomic E-state index is 5.47. The average molecular weight is 318 g/mol. The van der Waals surface area contributed by atoms with Crippen LogP contribution in [0.5, 0.6) is 0 Å². The number of aromatic nitrogens is 3. The van der Waals surface area contributed by atoms with Gasteiger partial charge >= 0.3 is 0 Å². The van der Waals surface area contributed by atoms with Gasteiger partial charge in [0.15, 0.2) is 0 Å². The predicted molar refractivity (Wildman–Crippen MR) is 85.8 cm³/mol. The standard InChI is InChI=1S/C16H22N4OS/c1-21-10-14-8-19(6-13-4-5-22-11-13)9-15-16(14)20(18-17-15)7-12-2-3-12/h4-5,11-12,14H,2-3,6-10H2,1H3/t14-/m1/s1. The average Bonchev–Trinajstić information content (AvgIpc) is 3.00. The van der Waals surface area contributed by atoms with E-state index >= 15 is 0 Å². The fourth-order valence-electron chi connectivity index (χ4n) is 3.36. The van der Waals surface area contributed by atoms with Gasteiger partial charge in [0.2, 0.25) is 0 Å². The van der Waals surface area contributed by atoms with Crippen molar-refractivity contribution in [3.8, 4) is 0 Å². The molecular weight excluding hydrogens is 296 g/mol. The van der Waals surface area contributed by atoms with Gasteiger partial charge in [0, 0.05) is 39.2 Å². The van der Waals surface area contributed by atoms with Crippen LogP contribution in [-0.2, 0) is 24.4 Å². The van der Waals surface area contributed by atoms with Crippen molar-refractivity contribution in [2.24, 2.45) is 5.92 Å². The van der Waals surface area contributed by atoms with Crippen LogP contribution < -0.4 is 0 Å². The highest BCUT2D eigenvalue weighted by atomic mass is 32.1. The molecule has 1 saturated carbocycles. The maximum Gasteiger partial charge on any atom is 0.100 e. The third-order valence-electron chi connectivity index (χ3n) is 4.57. The fourth-order valence-corrected chi connectivity index (χ4v) is 4.02. The van der Waals surface area contributed by atoms with Gasteiger partial charge in [0.1, 0.15) is 5.69 Å². The molecule has 22 heavy (non-hydrogen) atoms. The Morgan fingerprint density at radius 2 is 2.32 bits per heavy atom. The first-order valence-electron chi connectivity index (χ1n) is 7.98. The second kappa shape index (κ2) is 6.10. The van der Waals surface area contributed by atoms with E-state index in [9.17, 15) is 0 Å². The number of hydrogen-bond donors (Lipinski definition) is 0. The molecule has 0 aromatic carbocycles. The molecule has 4 rings (SSSR count). The molecule has 0 N–H and O–H groups in total. The number of ether oxygens (including phenoxy) is 1. The van der Waals surface area contributed by atoms with Crippen molar-refractivity contribution in [1.29, 1.82) is 0 Å². The lowest BCUT2D eigenvalue weighted by molar-refractivity contribution is 0.131. The highest BCUT2D eigenvalue weighted by Crippen LogP contribution is 2.34. The lowest BCUT2D eigenvalue weighted by Gasteiger charge is -2.32.